The Hall–Kier alpha value is -3.74. The van der Waals surface area contributed by atoms with Gasteiger partial charge in [-0.15, -0.1) is 0 Å². The Morgan fingerprint density at radius 1 is 0.967 bits per heavy atom. The lowest BCUT2D eigenvalue weighted by Crippen LogP contribution is -2.45. The summed E-state index contributed by atoms with van der Waals surface area (Å²) in [6.07, 6.45) is 8.97. The second-order valence-corrected chi connectivity index (χ2v) is 7.46. The van der Waals surface area contributed by atoms with E-state index in [1.165, 1.54) is 0 Å². The van der Waals surface area contributed by atoms with Crippen LogP contribution in [-0.4, -0.2) is 45.0 Å². The van der Waals surface area contributed by atoms with Gasteiger partial charge in [-0.25, -0.2) is 9.97 Å². The molecule has 1 aliphatic rings. The number of benzene rings is 1. The van der Waals surface area contributed by atoms with Crippen molar-refractivity contribution in [2.75, 3.05) is 18.0 Å². The summed E-state index contributed by atoms with van der Waals surface area (Å²) in [4.78, 5) is 31.2. The smallest absolute Gasteiger partial charge is 0.251 e. The lowest BCUT2D eigenvalue weighted by Gasteiger charge is -2.32. The molecule has 0 atom stereocenters. The standard InChI is InChI=1S/C23H22N6O/c30-22(28-18-8-14-29(15-9-18)23-26-10-1-11-27-23)17-4-2-16(3-5-17)21-19-6-12-24-20(19)7-13-25-21/h1-7,10-13,18,24H,8-9,14-15H2,(H,28,30). The van der Waals surface area contributed by atoms with Gasteiger partial charge in [-0.05, 0) is 43.2 Å². The Balaban J connectivity index is 1.23. The minimum atomic E-state index is -0.0382. The third-order valence-corrected chi connectivity index (χ3v) is 5.56. The fourth-order valence-corrected chi connectivity index (χ4v) is 3.94. The van der Waals surface area contributed by atoms with Gasteiger partial charge in [0.05, 0.1) is 5.69 Å². The maximum Gasteiger partial charge on any atom is 0.251 e. The molecule has 0 spiro atoms. The molecule has 1 fully saturated rings. The number of hydrogen-bond acceptors (Lipinski definition) is 5. The van der Waals surface area contributed by atoms with Gasteiger partial charge in [0.15, 0.2) is 0 Å². The first-order valence-electron chi connectivity index (χ1n) is 10.1. The largest absolute Gasteiger partial charge is 0.361 e. The third kappa shape index (κ3) is 3.61. The van der Waals surface area contributed by atoms with Crippen molar-refractivity contribution in [3.8, 4) is 11.3 Å². The van der Waals surface area contributed by atoms with Gasteiger partial charge in [-0.1, -0.05) is 12.1 Å². The zero-order valence-electron chi connectivity index (χ0n) is 16.5. The summed E-state index contributed by atoms with van der Waals surface area (Å²) in [6, 6.07) is 13.6. The van der Waals surface area contributed by atoms with Crippen LogP contribution in [0.2, 0.25) is 0 Å². The van der Waals surface area contributed by atoms with E-state index in [1.807, 2.05) is 48.7 Å². The monoisotopic (exact) mass is 398 g/mol. The number of fused-ring (bicyclic) bond motifs is 1. The molecule has 0 radical (unpaired) electrons. The van der Waals surface area contributed by atoms with Crippen molar-refractivity contribution in [1.29, 1.82) is 0 Å². The fraction of sp³-hybridized carbons (Fsp3) is 0.217. The maximum absolute atomic E-state index is 12.7. The van der Waals surface area contributed by atoms with Gasteiger partial charge < -0.3 is 15.2 Å². The number of piperidine rings is 1. The van der Waals surface area contributed by atoms with Crippen LogP contribution in [0.1, 0.15) is 23.2 Å². The summed E-state index contributed by atoms with van der Waals surface area (Å²) >= 11 is 0. The molecule has 3 aromatic heterocycles. The van der Waals surface area contributed by atoms with Crippen molar-refractivity contribution >= 4 is 22.8 Å². The van der Waals surface area contributed by atoms with E-state index < -0.39 is 0 Å². The van der Waals surface area contributed by atoms with Crippen LogP contribution in [0.3, 0.4) is 0 Å². The SMILES string of the molecule is O=C(NC1CCN(c2ncccn2)CC1)c1ccc(-c2nccc3[nH]ccc23)cc1. The molecule has 1 aliphatic heterocycles. The average molecular weight is 398 g/mol. The first-order chi connectivity index (χ1) is 14.8. The van der Waals surface area contributed by atoms with Crippen LogP contribution < -0.4 is 10.2 Å². The number of carbonyl (C=O) groups excluding carboxylic acids is 1. The van der Waals surface area contributed by atoms with E-state index in [4.69, 9.17) is 0 Å². The van der Waals surface area contributed by atoms with Crippen LogP contribution in [0.4, 0.5) is 5.95 Å². The summed E-state index contributed by atoms with van der Waals surface area (Å²) in [6.45, 7) is 1.67. The van der Waals surface area contributed by atoms with E-state index >= 15 is 0 Å². The summed E-state index contributed by atoms with van der Waals surface area (Å²) in [7, 11) is 0. The Kier molecular flexibility index (Phi) is 4.85. The quantitative estimate of drug-likeness (QED) is 0.550. The van der Waals surface area contributed by atoms with E-state index in [2.05, 4.69) is 30.2 Å². The summed E-state index contributed by atoms with van der Waals surface area (Å²) in [5.41, 5.74) is 3.62. The van der Waals surface area contributed by atoms with Crippen LogP contribution in [-0.2, 0) is 0 Å². The molecule has 0 bridgehead atoms. The van der Waals surface area contributed by atoms with Crippen molar-refractivity contribution in [3.63, 3.8) is 0 Å². The number of nitrogens with one attached hydrogen (secondary N) is 2. The summed E-state index contributed by atoms with van der Waals surface area (Å²) in [5, 5.41) is 4.24. The predicted octanol–water partition coefficient (Wildman–Crippen LogP) is 3.42. The lowest BCUT2D eigenvalue weighted by atomic mass is 10.0. The molecule has 4 heterocycles. The highest BCUT2D eigenvalue weighted by atomic mass is 16.1. The number of aromatic nitrogens is 4. The molecule has 1 amide bonds. The highest BCUT2D eigenvalue weighted by molar-refractivity contribution is 5.96. The molecule has 150 valence electrons. The molecule has 4 aromatic rings. The Morgan fingerprint density at radius 2 is 1.73 bits per heavy atom. The Morgan fingerprint density at radius 3 is 2.50 bits per heavy atom. The van der Waals surface area contributed by atoms with Gasteiger partial charge >= 0.3 is 0 Å². The second-order valence-electron chi connectivity index (χ2n) is 7.46. The topological polar surface area (TPSA) is 86.8 Å². The number of aromatic amines is 1. The maximum atomic E-state index is 12.7. The second kappa shape index (κ2) is 7.94. The van der Waals surface area contributed by atoms with E-state index in [1.54, 1.807) is 18.6 Å². The number of nitrogens with zero attached hydrogens (tertiary/aromatic N) is 4. The van der Waals surface area contributed by atoms with Crippen LogP contribution in [0.5, 0.6) is 0 Å². The molecule has 1 aromatic carbocycles. The van der Waals surface area contributed by atoms with Gasteiger partial charge in [-0.3, -0.25) is 9.78 Å². The van der Waals surface area contributed by atoms with Gasteiger partial charge in [0.25, 0.3) is 5.91 Å². The van der Waals surface area contributed by atoms with Crippen LogP contribution in [0.25, 0.3) is 22.2 Å². The predicted molar refractivity (Wildman–Crippen MR) is 116 cm³/mol. The molecule has 0 unspecified atom stereocenters. The van der Waals surface area contributed by atoms with E-state index in [-0.39, 0.29) is 11.9 Å². The molecule has 7 heteroatoms. The Bertz CT molecular complexity index is 1150. The number of amides is 1. The molecular weight excluding hydrogens is 376 g/mol. The van der Waals surface area contributed by atoms with E-state index in [0.29, 0.717) is 5.56 Å². The number of rotatable bonds is 4. The van der Waals surface area contributed by atoms with Crippen molar-refractivity contribution in [3.05, 3.63) is 72.8 Å². The third-order valence-electron chi connectivity index (χ3n) is 5.56. The van der Waals surface area contributed by atoms with Gasteiger partial charge in [0.1, 0.15) is 0 Å². The molecule has 7 nitrogen and oxygen atoms in total. The minimum absolute atomic E-state index is 0.0382. The minimum Gasteiger partial charge on any atom is -0.361 e. The normalized spacial score (nSPS) is 14.7. The van der Waals surface area contributed by atoms with Crippen LogP contribution in [0.15, 0.2) is 67.3 Å². The van der Waals surface area contributed by atoms with Crippen LogP contribution in [0, 0.1) is 0 Å². The number of carbonyl (C=O) groups is 1. The van der Waals surface area contributed by atoms with Gasteiger partial charge in [0, 0.05) is 65.9 Å². The van der Waals surface area contributed by atoms with E-state index in [0.717, 1.165) is 54.0 Å². The van der Waals surface area contributed by atoms with Gasteiger partial charge in [0.2, 0.25) is 5.95 Å². The molecule has 2 N–H and O–H groups in total. The molecule has 0 saturated carbocycles. The molecule has 30 heavy (non-hydrogen) atoms. The zero-order chi connectivity index (χ0) is 20.3. The first-order valence-corrected chi connectivity index (χ1v) is 10.1. The van der Waals surface area contributed by atoms with Gasteiger partial charge in [-0.2, -0.15) is 0 Å². The van der Waals surface area contributed by atoms with Crippen molar-refractivity contribution in [1.82, 2.24) is 25.3 Å². The highest BCUT2D eigenvalue weighted by Gasteiger charge is 2.22. The fourth-order valence-electron chi connectivity index (χ4n) is 3.94. The Labute approximate surface area is 174 Å². The van der Waals surface area contributed by atoms with Crippen molar-refractivity contribution in [2.24, 2.45) is 0 Å². The lowest BCUT2D eigenvalue weighted by molar-refractivity contribution is 0.0931. The van der Waals surface area contributed by atoms with E-state index in [9.17, 15) is 4.79 Å². The zero-order valence-corrected chi connectivity index (χ0v) is 16.5. The number of hydrogen-bond donors (Lipinski definition) is 2. The molecule has 1 saturated heterocycles. The molecule has 5 rings (SSSR count). The van der Waals surface area contributed by atoms with Crippen molar-refractivity contribution < 1.29 is 4.79 Å². The van der Waals surface area contributed by atoms with Crippen molar-refractivity contribution in [2.45, 2.75) is 18.9 Å². The highest BCUT2D eigenvalue weighted by Crippen LogP contribution is 2.26. The summed E-state index contributed by atoms with van der Waals surface area (Å²) < 4.78 is 0. The first kappa shape index (κ1) is 18.3. The number of anilines is 1. The molecule has 0 aliphatic carbocycles. The molecular formula is C23H22N6O. The number of pyridine rings is 1. The van der Waals surface area contributed by atoms with Crippen LogP contribution >= 0.6 is 0 Å². The number of H-pyrrole nitrogens is 1. The average Bonchev–Trinajstić information content (AvgIpc) is 3.29. The summed E-state index contributed by atoms with van der Waals surface area (Å²) in [5.74, 6) is 0.715.